The molecule has 28 heavy (non-hydrogen) atoms. The van der Waals surface area contributed by atoms with Crippen LogP contribution in [0.5, 0.6) is 0 Å². The van der Waals surface area contributed by atoms with E-state index in [1.807, 2.05) is 13.8 Å². The summed E-state index contributed by atoms with van der Waals surface area (Å²) in [6.07, 6.45) is 3.00. The lowest BCUT2D eigenvalue weighted by molar-refractivity contribution is 0.0299. The third-order valence-electron chi connectivity index (χ3n) is 4.37. The Morgan fingerprint density at radius 1 is 1.36 bits per heavy atom. The van der Waals surface area contributed by atoms with E-state index in [1.54, 1.807) is 10.3 Å². The maximum atomic E-state index is 13.9. The monoisotopic (exact) mass is 406 g/mol. The quantitative estimate of drug-likeness (QED) is 0.797. The van der Waals surface area contributed by atoms with Crippen LogP contribution in [0.2, 0.25) is 0 Å². The molecule has 1 N–H and O–H groups in total. The number of hydrogen-bond acceptors (Lipinski definition) is 6. The number of ether oxygens (including phenoxy) is 1. The number of nitrogens with zero attached hydrogens (tertiary/aromatic N) is 3. The van der Waals surface area contributed by atoms with Gasteiger partial charge in [-0.25, -0.2) is 9.37 Å². The summed E-state index contributed by atoms with van der Waals surface area (Å²) < 4.78 is 19.1. The molecule has 0 unspecified atom stereocenters. The number of aromatic nitrogens is 2. The SMILES string of the molecule is CC(C)C[C@@H](NC(=O)c1ccncc1F)c1nc(C(=O)N2CCOCC2)cs1. The van der Waals surface area contributed by atoms with Crippen molar-refractivity contribution in [3.63, 3.8) is 0 Å². The zero-order valence-corrected chi connectivity index (χ0v) is 16.7. The van der Waals surface area contributed by atoms with Crippen LogP contribution in [0.1, 0.15) is 52.2 Å². The van der Waals surface area contributed by atoms with Gasteiger partial charge in [-0.1, -0.05) is 13.8 Å². The molecule has 0 bridgehead atoms. The fourth-order valence-electron chi connectivity index (χ4n) is 2.96. The molecule has 0 aromatic carbocycles. The highest BCUT2D eigenvalue weighted by Crippen LogP contribution is 2.26. The van der Waals surface area contributed by atoms with Crippen molar-refractivity contribution >= 4 is 23.2 Å². The van der Waals surface area contributed by atoms with Crippen molar-refractivity contribution in [2.24, 2.45) is 5.92 Å². The van der Waals surface area contributed by atoms with Crippen LogP contribution in [0.4, 0.5) is 4.39 Å². The highest BCUT2D eigenvalue weighted by molar-refractivity contribution is 7.09. The predicted octanol–water partition coefficient (Wildman–Crippen LogP) is 2.67. The normalized spacial score (nSPS) is 15.5. The molecule has 2 aromatic rings. The first-order chi connectivity index (χ1) is 13.5. The summed E-state index contributed by atoms with van der Waals surface area (Å²) in [5.74, 6) is -1.07. The van der Waals surface area contributed by atoms with Gasteiger partial charge in [0.15, 0.2) is 5.82 Å². The number of carbonyl (C=O) groups is 2. The first-order valence-corrected chi connectivity index (χ1v) is 10.1. The second-order valence-electron chi connectivity index (χ2n) is 6.99. The summed E-state index contributed by atoms with van der Waals surface area (Å²) in [6.45, 7) is 6.18. The average Bonchev–Trinajstić information content (AvgIpc) is 3.17. The van der Waals surface area contributed by atoms with Crippen LogP contribution in [0.3, 0.4) is 0 Å². The van der Waals surface area contributed by atoms with Gasteiger partial charge in [-0.15, -0.1) is 11.3 Å². The van der Waals surface area contributed by atoms with E-state index in [1.165, 1.54) is 23.6 Å². The molecule has 1 aliphatic rings. The molecule has 3 rings (SSSR count). The van der Waals surface area contributed by atoms with Gasteiger partial charge in [0.05, 0.1) is 31.0 Å². The van der Waals surface area contributed by atoms with Gasteiger partial charge in [0.25, 0.3) is 11.8 Å². The minimum Gasteiger partial charge on any atom is -0.378 e. The molecular weight excluding hydrogens is 383 g/mol. The first-order valence-electron chi connectivity index (χ1n) is 9.18. The fourth-order valence-corrected chi connectivity index (χ4v) is 3.82. The minimum absolute atomic E-state index is 0.0649. The van der Waals surface area contributed by atoms with E-state index in [-0.39, 0.29) is 17.4 Å². The van der Waals surface area contributed by atoms with Crippen molar-refractivity contribution in [2.75, 3.05) is 26.3 Å². The highest BCUT2D eigenvalue weighted by atomic mass is 32.1. The number of carbonyl (C=O) groups excluding carboxylic acids is 2. The summed E-state index contributed by atoms with van der Waals surface area (Å²) in [5.41, 5.74) is 0.296. The van der Waals surface area contributed by atoms with Crippen LogP contribution in [-0.4, -0.2) is 53.0 Å². The Morgan fingerprint density at radius 3 is 2.79 bits per heavy atom. The van der Waals surface area contributed by atoms with Gasteiger partial charge < -0.3 is 15.0 Å². The minimum atomic E-state index is -0.675. The zero-order chi connectivity index (χ0) is 20.1. The molecule has 0 saturated carbocycles. The Kier molecular flexibility index (Phi) is 6.69. The van der Waals surface area contributed by atoms with E-state index in [0.29, 0.717) is 43.4 Å². The van der Waals surface area contributed by atoms with Crippen LogP contribution in [0.15, 0.2) is 23.8 Å². The summed E-state index contributed by atoms with van der Waals surface area (Å²) in [7, 11) is 0. The second-order valence-corrected chi connectivity index (χ2v) is 7.88. The molecule has 0 spiro atoms. The number of nitrogens with one attached hydrogen (secondary N) is 1. The third-order valence-corrected chi connectivity index (χ3v) is 5.33. The third kappa shape index (κ3) is 4.90. The number of amides is 2. The summed E-state index contributed by atoms with van der Waals surface area (Å²) in [6, 6.07) is 0.933. The molecule has 0 radical (unpaired) electrons. The van der Waals surface area contributed by atoms with Crippen molar-refractivity contribution in [1.29, 1.82) is 0 Å². The molecule has 0 aliphatic carbocycles. The maximum absolute atomic E-state index is 13.9. The number of morpholine rings is 1. The summed E-state index contributed by atoms with van der Waals surface area (Å²) >= 11 is 1.32. The Labute approximate surface area is 166 Å². The van der Waals surface area contributed by atoms with Crippen molar-refractivity contribution in [3.8, 4) is 0 Å². The van der Waals surface area contributed by atoms with Crippen molar-refractivity contribution in [1.82, 2.24) is 20.2 Å². The van der Waals surface area contributed by atoms with Crippen molar-refractivity contribution in [3.05, 3.63) is 45.9 Å². The molecule has 9 heteroatoms. The number of rotatable bonds is 6. The van der Waals surface area contributed by atoms with E-state index in [4.69, 9.17) is 4.74 Å². The molecule has 7 nitrogen and oxygen atoms in total. The smallest absolute Gasteiger partial charge is 0.273 e. The van der Waals surface area contributed by atoms with E-state index in [0.717, 1.165) is 6.20 Å². The zero-order valence-electron chi connectivity index (χ0n) is 15.9. The molecule has 3 heterocycles. The van der Waals surface area contributed by atoms with Crippen LogP contribution < -0.4 is 5.32 Å². The molecule has 2 aromatic heterocycles. The first kappa shape index (κ1) is 20.3. The van der Waals surface area contributed by atoms with E-state index in [9.17, 15) is 14.0 Å². The van der Waals surface area contributed by atoms with Crippen LogP contribution in [0, 0.1) is 11.7 Å². The van der Waals surface area contributed by atoms with Gasteiger partial charge >= 0.3 is 0 Å². The van der Waals surface area contributed by atoms with E-state index < -0.39 is 17.8 Å². The lowest BCUT2D eigenvalue weighted by Gasteiger charge is -2.26. The van der Waals surface area contributed by atoms with E-state index in [2.05, 4.69) is 15.3 Å². The van der Waals surface area contributed by atoms with Gasteiger partial charge in [-0.05, 0) is 18.4 Å². The standard InChI is InChI=1S/C19H23FN4O3S/c1-12(2)9-15(22-17(25)13-3-4-21-10-14(13)20)18-23-16(11-28-18)19(26)24-5-7-27-8-6-24/h3-4,10-12,15H,5-9H2,1-2H3,(H,22,25)/t15-/m1/s1. The number of hydrogen-bond donors (Lipinski definition) is 1. The number of pyridine rings is 1. The van der Waals surface area contributed by atoms with Gasteiger partial charge in [0.1, 0.15) is 10.7 Å². The molecule has 1 fully saturated rings. The topological polar surface area (TPSA) is 84.4 Å². The predicted molar refractivity (Wildman–Crippen MR) is 103 cm³/mol. The van der Waals surface area contributed by atoms with Gasteiger partial charge in [0.2, 0.25) is 0 Å². The molecule has 2 amide bonds. The number of halogens is 1. The lowest BCUT2D eigenvalue weighted by atomic mass is 10.0. The molecule has 1 aliphatic heterocycles. The summed E-state index contributed by atoms with van der Waals surface area (Å²) in [5, 5.41) is 5.19. The van der Waals surface area contributed by atoms with Crippen molar-refractivity contribution < 1.29 is 18.7 Å². The summed E-state index contributed by atoms with van der Waals surface area (Å²) in [4.78, 5) is 35.0. The largest absolute Gasteiger partial charge is 0.378 e. The molecule has 1 atom stereocenters. The Balaban J connectivity index is 1.76. The average molecular weight is 406 g/mol. The maximum Gasteiger partial charge on any atom is 0.273 e. The van der Waals surface area contributed by atoms with Gasteiger partial charge in [-0.3, -0.25) is 14.6 Å². The second kappa shape index (κ2) is 9.20. The molecule has 1 saturated heterocycles. The van der Waals surface area contributed by atoms with Gasteiger partial charge in [0, 0.05) is 24.7 Å². The van der Waals surface area contributed by atoms with Crippen molar-refractivity contribution in [2.45, 2.75) is 26.3 Å². The van der Waals surface area contributed by atoms with Gasteiger partial charge in [-0.2, -0.15) is 0 Å². The number of thiazole rings is 1. The fraction of sp³-hybridized carbons (Fsp3) is 0.474. The molecule has 150 valence electrons. The highest BCUT2D eigenvalue weighted by Gasteiger charge is 2.25. The van der Waals surface area contributed by atoms with Crippen LogP contribution in [-0.2, 0) is 4.74 Å². The van der Waals surface area contributed by atoms with E-state index >= 15 is 0 Å². The van der Waals surface area contributed by atoms with Crippen LogP contribution >= 0.6 is 11.3 Å². The van der Waals surface area contributed by atoms with Crippen LogP contribution in [0.25, 0.3) is 0 Å². The molecular formula is C19H23FN4O3S. The Hall–Kier alpha value is -2.39. The lowest BCUT2D eigenvalue weighted by Crippen LogP contribution is -2.40. The Bertz CT molecular complexity index is 836. The Morgan fingerprint density at radius 2 is 2.11 bits per heavy atom.